The van der Waals surface area contributed by atoms with E-state index in [1.54, 1.807) is 6.26 Å². The molecule has 5 heteroatoms. The molecule has 1 unspecified atom stereocenters. The van der Waals surface area contributed by atoms with Gasteiger partial charge in [0.05, 0.1) is 6.26 Å². The van der Waals surface area contributed by atoms with E-state index in [1.165, 1.54) is 0 Å². The summed E-state index contributed by atoms with van der Waals surface area (Å²) in [5.74, 6) is 1.52. The van der Waals surface area contributed by atoms with Gasteiger partial charge in [0.2, 0.25) is 5.95 Å². The minimum atomic E-state index is 0.214. The molecule has 1 aliphatic heterocycles. The van der Waals surface area contributed by atoms with Crippen molar-refractivity contribution in [2.75, 3.05) is 18.0 Å². The van der Waals surface area contributed by atoms with E-state index in [4.69, 9.17) is 10.2 Å². The fourth-order valence-corrected chi connectivity index (χ4v) is 2.44. The second-order valence-corrected chi connectivity index (χ2v) is 5.03. The third kappa shape index (κ3) is 2.46. The lowest BCUT2D eigenvalue weighted by Crippen LogP contribution is -2.43. The van der Waals surface area contributed by atoms with Crippen LogP contribution in [-0.4, -0.2) is 29.1 Å². The van der Waals surface area contributed by atoms with Crippen LogP contribution in [0.15, 0.2) is 29.0 Å². The van der Waals surface area contributed by atoms with Crippen molar-refractivity contribution in [3.8, 4) is 11.5 Å². The van der Waals surface area contributed by atoms with Crippen molar-refractivity contribution >= 4 is 5.95 Å². The van der Waals surface area contributed by atoms with E-state index in [0.29, 0.717) is 0 Å². The van der Waals surface area contributed by atoms with Gasteiger partial charge in [-0.15, -0.1) is 0 Å². The van der Waals surface area contributed by atoms with E-state index >= 15 is 0 Å². The van der Waals surface area contributed by atoms with Crippen LogP contribution >= 0.6 is 0 Å². The summed E-state index contributed by atoms with van der Waals surface area (Å²) in [5.41, 5.74) is 7.88. The first kappa shape index (κ1) is 12.2. The first-order valence-corrected chi connectivity index (χ1v) is 6.62. The minimum Gasteiger partial charge on any atom is -0.463 e. The third-order valence-corrected chi connectivity index (χ3v) is 3.45. The van der Waals surface area contributed by atoms with E-state index < -0.39 is 0 Å². The molecule has 0 aromatic carbocycles. The number of aromatic nitrogens is 2. The molecule has 5 nitrogen and oxygen atoms in total. The quantitative estimate of drug-likeness (QED) is 0.892. The van der Waals surface area contributed by atoms with Crippen LogP contribution in [0.3, 0.4) is 0 Å². The molecule has 0 saturated carbocycles. The Bertz CT molecular complexity index is 553. The predicted octanol–water partition coefficient (Wildman–Crippen LogP) is 1.97. The molecule has 19 heavy (non-hydrogen) atoms. The average Bonchev–Trinajstić information content (AvgIpc) is 2.93. The van der Waals surface area contributed by atoms with Crippen molar-refractivity contribution in [3.05, 3.63) is 30.2 Å². The highest BCUT2D eigenvalue weighted by atomic mass is 16.3. The van der Waals surface area contributed by atoms with Crippen molar-refractivity contribution in [1.29, 1.82) is 0 Å². The molecule has 0 amide bonds. The molecular weight excluding hydrogens is 240 g/mol. The molecule has 1 atom stereocenters. The SMILES string of the molecule is Cc1cnc(N2CCCC(N)C2)nc1-c1ccco1. The Labute approximate surface area is 112 Å². The zero-order valence-electron chi connectivity index (χ0n) is 11.0. The van der Waals surface area contributed by atoms with Crippen LogP contribution in [0.5, 0.6) is 0 Å². The van der Waals surface area contributed by atoms with Crippen LogP contribution in [0.2, 0.25) is 0 Å². The highest BCUT2D eigenvalue weighted by molar-refractivity contribution is 5.58. The van der Waals surface area contributed by atoms with E-state index in [1.807, 2.05) is 25.3 Å². The monoisotopic (exact) mass is 258 g/mol. The molecule has 1 saturated heterocycles. The summed E-state index contributed by atoms with van der Waals surface area (Å²) in [4.78, 5) is 11.2. The zero-order valence-corrected chi connectivity index (χ0v) is 11.0. The van der Waals surface area contributed by atoms with Gasteiger partial charge in [0.15, 0.2) is 5.76 Å². The number of hydrogen-bond donors (Lipinski definition) is 1. The molecule has 1 fully saturated rings. The van der Waals surface area contributed by atoms with Crippen LogP contribution in [-0.2, 0) is 0 Å². The fraction of sp³-hybridized carbons (Fsp3) is 0.429. The van der Waals surface area contributed by atoms with Crippen molar-refractivity contribution in [3.63, 3.8) is 0 Å². The van der Waals surface area contributed by atoms with Gasteiger partial charge in [0, 0.05) is 25.3 Å². The second-order valence-electron chi connectivity index (χ2n) is 5.03. The molecule has 0 aliphatic carbocycles. The van der Waals surface area contributed by atoms with Gasteiger partial charge in [-0.25, -0.2) is 9.97 Å². The summed E-state index contributed by atoms with van der Waals surface area (Å²) in [6.45, 7) is 3.78. The van der Waals surface area contributed by atoms with Crippen molar-refractivity contribution in [2.24, 2.45) is 5.73 Å². The summed E-state index contributed by atoms with van der Waals surface area (Å²) in [6, 6.07) is 4.00. The summed E-state index contributed by atoms with van der Waals surface area (Å²) in [6.07, 6.45) is 5.68. The number of piperidine rings is 1. The Kier molecular flexibility index (Phi) is 3.21. The van der Waals surface area contributed by atoms with Crippen LogP contribution in [0.25, 0.3) is 11.5 Å². The molecule has 0 radical (unpaired) electrons. The maximum absolute atomic E-state index is 6.01. The van der Waals surface area contributed by atoms with Crippen LogP contribution in [0.1, 0.15) is 18.4 Å². The molecule has 2 aromatic rings. The highest BCUT2D eigenvalue weighted by Gasteiger charge is 2.20. The lowest BCUT2D eigenvalue weighted by atomic mass is 10.1. The Morgan fingerprint density at radius 1 is 1.47 bits per heavy atom. The Balaban J connectivity index is 1.93. The number of anilines is 1. The lowest BCUT2D eigenvalue weighted by Gasteiger charge is -2.30. The zero-order chi connectivity index (χ0) is 13.2. The van der Waals surface area contributed by atoms with Gasteiger partial charge in [-0.05, 0) is 37.5 Å². The van der Waals surface area contributed by atoms with Gasteiger partial charge in [0.25, 0.3) is 0 Å². The predicted molar refractivity (Wildman–Crippen MR) is 73.9 cm³/mol. The number of nitrogens with two attached hydrogens (primary N) is 1. The maximum atomic E-state index is 6.01. The number of furan rings is 1. The molecule has 1 aliphatic rings. The Morgan fingerprint density at radius 3 is 3.11 bits per heavy atom. The summed E-state index contributed by atoms with van der Waals surface area (Å²) in [7, 11) is 0. The van der Waals surface area contributed by atoms with E-state index in [0.717, 1.165) is 48.9 Å². The smallest absolute Gasteiger partial charge is 0.226 e. The standard InChI is InChI=1S/C14H18N4O/c1-10-8-16-14(18-6-2-4-11(15)9-18)17-13(10)12-5-3-7-19-12/h3,5,7-8,11H,2,4,6,9,15H2,1H3. The second kappa shape index (κ2) is 5.01. The van der Waals surface area contributed by atoms with Gasteiger partial charge >= 0.3 is 0 Å². The molecule has 0 bridgehead atoms. The van der Waals surface area contributed by atoms with Crippen molar-refractivity contribution < 1.29 is 4.42 Å². The molecule has 3 heterocycles. The third-order valence-electron chi connectivity index (χ3n) is 3.45. The number of nitrogens with zero attached hydrogens (tertiary/aromatic N) is 3. The molecule has 3 rings (SSSR count). The lowest BCUT2D eigenvalue weighted by molar-refractivity contribution is 0.499. The summed E-state index contributed by atoms with van der Waals surface area (Å²) in [5, 5.41) is 0. The van der Waals surface area contributed by atoms with Gasteiger partial charge in [-0.1, -0.05) is 0 Å². The number of aryl methyl sites for hydroxylation is 1. The number of hydrogen-bond acceptors (Lipinski definition) is 5. The van der Waals surface area contributed by atoms with E-state index in [2.05, 4.69) is 14.9 Å². The fourth-order valence-electron chi connectivity index (χ4n) is 2.44. The topological polar surface area (TPSA) is 68.2 Å². The Morgan fingerprint density at radius 2 is 2.37 bits per heavy atom. The van der Waals surface area contributed by atoms with Gasteiger partial charge in [-0.3, -0.25) is 0 Å². The van der Waals surface area contributed by atoms with E-state index in [-0.39, 0.29) is 6.04 Å². The van der Waals surface area contributed by atoms with Crippen LogP contribution < -0.4 is 10.6 Å². The van der Waals surface area contributed by atoms with Crippen LogP contribution in [0.4, 0.5) is 5.95 Å². The summed E-state index contributed by atoms with van der Waals surface area (Å²) >= 11 is 0. The van der Waals surface area contributed by atoms with Crippen molar-refractivity contribution in [1.82, 2.24) is 9.97 Å². The number of rotatable bonds is 2. The first-order chi connectivity index (χ1) is 9.24. The van der Waals surface area contributed by atoms with Gasteiger partial charge in [0.1, 0.15) is 5.69 Å². The normalized spacial score (nSPS) is 19.7. The molecular formula is C14H18N4O. The van der Waals surface area contributed by atoms with Crippen LogP contribution in [0, 0.1) is 6.92 Å². The van der Waals surface area contributed by atoms with E-state index in [9.17, 15) is 0 Å². The maximum Gasteiger partial charge on any atom is 0.226 e. The molecule has 2 aromatic heterocycles. The molecule has 0 spiro atoms. The Hall–Kier alpha value is -1.88. The van der Waals surface area contributed by atoms with Gasteiger partial charge < -0.3 is 15.1 Å². The largest absolute Gasteiger partial charge is 0.463 e. The first-order valence-electron chi connectivity index (χ1n) is 6.62. The molecule has 100 valence electrons. The average molecular weight is 258 g/mol. The molecule has 2 N–H and O–H groups in total. The van der Waals surface area contributed by atoms with Crippen molar-refractivity contribution in [2.45, 2.75) is 25.8 Å². The minimum absolute atomic E-state index is 0.214. The highest BCUT2D eigenvalue weighted by Crippen LogP contribution is 2.24. The van der Waals surface area contributed by atoms with Gasteiger partial charge in [-0.2, -0.15) is 0 Å². The summed E-state index contributed by atoms with van der Waals surface area (Å²) < 4.78 is 5.43.